The minimum Gasteiger partial charge on any atom is -0.390 e. The fourth-order valence-electron chi connectivity index (χ4n) is 4.65. The second-order valence-corrected chi connectivity index (χ2v) is 12.7. The van der Waals surface area contributed by atoms with E-state index in [0.717, 1.165) is 34.1 Å². The molecule has 0 aliphatic carbocycles. The monoisotopic (exact) mass is 550 g/mol. The molecule has 0 unspecified atom stereocenters. The molecule has 4 rings (SSSR count). The van der Waals surface area contributed by atoms with Gasteiger partial charge in [-0.1, -0.05) is 31.2 Å². The lowest BCUT2D eigenvalue weighted by atomic mass is 9.97. The van der Waals surface area contributed by atoms with Gasteiger partial charge in [0.15, 0.2) is 0 Å². The minimum absolute atomic E-state index is 0.0180. The Kier molecular flexibility index (Phi) is 8.99. The number of aliphatic hydroxyl groups excluding tert-OH is 1. The van der Waals surface area contributed by atoms with E-state index in [-0.39, 0.29) is 36.8 Å². The molecule has 10 heteroatoms. The first-order chi connectivity index (χ1) is 17.6. The number of carbonyl (C=O) groups excluding carboxylic acids is 1. The molecule has 0 radical (unpaired) electrons. The smallest absolute Gasteiger partial charge is 0.225 e. The molecule has 1 aromatic heterocycles. The second-order valence-electron chi connectivity index (χ2n) is 9.44. The van der Waals surface area contributed by atoms with Crippen molar-refractivity contribution >= 4 is 27.8 Å². The van der Waals surface area contributed by atoms with Crippen molar-refractivity contribution in [3.8, 4) is 0 Å². The Labute approximate surface area is 221 Å². The highest BCUT2D eigenvalue weighted by atomic mass is 32.3. The number of aryl methyl sites for hydroxylation is 1. The maximum Gasteiger partial charge on any atom is 0.225 e. The zero-order chi connectivity index (χ0) is 26.6. The number of amides is 1. The van der Waals surface area contributed by atoms with Crippen LogP contribution in [0.5, 0.6) is 0 Å². The first-order valence-corrected chi connectivity index (χ1v) is 14.9. The van der Waals surface area contributed by atoms with Crippen LogP contribution in [0.1, 0.15) is 40.1 Å². The summed E-state index contributed by atoms with van der Waals surface area (Å²) < 4.78 is 48.6. The first kappa shape index (κ1) is 27.7. The van der Waals surface area contributed by atoms with E-state index in [0.29, 0.717) is 5.56 Å². The number of hydrogen-bond donors (Lipinski definition) is 5. The van der Waals surface area contributed by atoms with E-state index in [1.165, 1.54) is 23.5 Å². The summed E-state index contributed by atoms with van der Waals surface area (Å²) in [5.74, 6) is -1.47. The molecule has 0 bridgehead atoms. The van der Waals surface area contributed by atoms with E-state index in [9.17, 15) is 27.8 Å². The van der Waals surface area contributed by atoms with Crippen molar-refractivity contribution in [3.63, 3.8) is 0 Å². The lowest BCUT2D eigenvalue weighted by molar-refractivity contribution is -0.121. The summed E-state index contributed by atoms with van der Waals surface area (Å²) in [6.45, 7) is 2.07. The molecule has 3 atom stereocenters. The van der Waals surface area contributed by atoms with Crippen LogP contribution in [-0.4, -0.2) is 44.6 Å². The van der Waals surface area contributed by atoms with Crippen LogP contribution in [-0.2, 0) is 29.8 Å². The Balaban J connectivity index is 1.50. The van der Waals surface area contributed by atoms with Gasteiger partial charge in [-0.25, -0.2) is 8.78 Å². The highest BCUT2D eigenvalue weighted by Crippen LogP contribution is 2.50. The highest BCUT2D eigenvalue weighted by Gasteiger charge is 2.31. The van der Waals surface area contributed by atoms with Crippen LogP contribution in [0.15, 0.2) is 53.9 Å². The topological polar surface area (TPSA) is 102 Å². The molecule has 2 heterocycles. The van der Waals surface area contributed by atoms with E-state index in [2.05, 4.69) is 10.6 Å². The number of nitrogens with one attached hydrogen (secondary N) is 2. The number of fused-ring (bicyclic) bond motifs is 1. The predicted molar refractivity (Wildman–Crippen MR) is 144 cm³/mol. The van der Waals surface area contributed by atoms with Gasteiger partial charge in [0.05, 0.1) is 36.1 Å². The average molecular weight is 551 g/mol. The number of thiophene rings is 1. The predicted octanol–water partition coefficient (Wildman–Crippen LogP) is 4.81. The lowest BCUT2D eigenvalue weighted by Crippen LogP contribution is -2.50. The number of aliphatic hydroxyl groups is 1. The highest BCUT2D eigenvalue weighted by molar-refractivity contribution is 8.23. The quantitative estimate of drug-likeness (QED) is 0.249. The van der Waals surface area contributed by atoms with Crippen LogP contribution in [0.25, 0.3) is 0 Å². The van der Waals surface area contributed by atoms with Crippen LogP contribution in [0.4, 0.5) is 8.78 Å². The maximum absolute atomic E-state index is 13.8. The van der Waals surface area contributed by atoms with Gasteiger partial charge in [-0.15, -0.1) is 11.3 Å². The van der Waals surface area contributed by atoms with Crippen molar-refractivity contribution in [2.24, 2.45) is 0 Å². The second kappa shape index (κ2) is 12.0. The Bertz CT molecular complexity index is 1200. The minimum atomic E-state index is -2.84. The lowest BCUT2D eigenvalue weighted by Gasteiger charge is -2.42. The van der Waals surface area contributed by atoms with Gasteiger partial charge in [-0.2, -0.15) is 10.6 Å². The number of carbonyl (C=O) groups is 1. The third-order valence-corrected chi connectivity index (χ3v) is 9.01. The summed E-state index contributed by atoms with van der Waals surface area (Å²) in [7, 11) is -2.84. The molecule has 6 nitrogen and oxygen atoms in total. The Morgan fingerprint density at radius 2 is 1.89 bits per heavy atom. The molecule has 200 valence electrons. The van der Waals surface area contributed by atoms with Gasteiger partial charge in [0, 0.05) is 17.5 Å². The van der Waals surface area contributed by atoms with Crippen LogP contribution in [0, 0.1) is 11.6 Å². The zero-order valence-corrected chi connectivity index (χ0v) is 22.1. The van der Waals surface area contributed by atoms with Crippen molar-refractivity contribution in [2.75, 3.05) is 12.3 Å². The molecule has 1 aliphatic heterocycles. The summed E-state index contributed by atoms with van der Waals surface area (Å²) >= 11 is 1.44. The van der Waals surface area contributed by atoms with Crippen molar-refractivity contribution in [1.82, 2.24) is 10.6 Å². The molecule has 37 heavy (non-hydrogen) atoms. The third kappa shape index (κ3) is 7.59. The van der Waals surface area contributed by atoms with Gasteiger partial charge in [0.1, 0.15) is 11.6 Å². The summed E-state index contributed by atoms with van der Waals surface area (Å²) in [4.78, 5) is 13.6. The van der Waals surface area contributed by atoms with Crippen LogP contribution < -0.4 is 10.6 Å². The van der Waals surface area contributed by atoms with E-state index >= 15 is 0 Å². The molecule has 1 amide bonds. The Hall–Kier alpha value is -2.34. The molecule has 1 aliphatic rings. The Morgan fingerprint density at radius 3 is 2.57 bits per heavy atom. The molecule has 0 saturated carbocycles. The molecule has 3 aromatic rings. The maximum atomic E-state index is 13.8. The van der Waals surface area contributed by atoms with Gasteiger partial charge in [0.25, 0.3) is 0 Å². The average Bonchev–Trinajstić information content (AvgIpc) is 3.33. The molecule has 0 saturated heterocycles. The summed E-state index contributed by atoms with van der Waals surface area (Å²) in [5, 5.41) is 19.0. The first-order valence-electron chi connectivity index (χ1n) is 12.2. The van der Waals surface area contributed by atoms with Gasteiger partial charge >= 0.3 is 0 Å². The Morgan fingerprint density at radius 1 is 1.14 bits per heavy atom. The number of rotatable bonds is 10. The zero-order valence-electron chi connectivity index (χ0n) is 20.5. The molecule has 2 aromatic carbocycles. The number of benzene rings is 2. The third-order valence-electron chi connectivity index (χ3n) is 6.49. The number of halogens is 2. The van der Waals surface area contributed by atoms with Gasteiger partial charge in [0.2, 0.25) is 5.91 Å². The molecular weight excluding hydrogens is 518 g/mol. The SMILES string of the molecule is CCc1ccc2c(c1)[C@@H](NC[C@@H](O)[C@H](Cc1cc(F)cc(F)c1)NC(=O)Cc1cccs1)CS(O)(O)C2. The fourth-order valence-corrected chi connectivity index (χ4v) is 7.07. The van der Waals surface area contributed by atoms with Crippen molar-refractivity contribution in [1.29, 1.82) is 0 Å². The number of hydrogen-bond acceptors (Lipinski definition) is 6. The van der Waals surface area contributed by atoms with Crippen LogP contribution in [0.2, 0.25) is 0 Å². The molecule has 0 spiro atoms. The molecular formula is C27H32F2N2O4S2. The van der Waals surface area contributed by atoms with Crippen molar-refractivity contribution in [2.45, 2.75) is 50.1 Å². The van der Waals surface area contributed by atoms with E-state index < -0.39 is 40.4 Å². The van der Waals surface area contributed by atoms with Crippen LogP contribution in [0.3, 0.4) is 0 Å². The largest absolute Gasteiger partial charge is 0.390 e. The van der Waals surface area contributed by atoms with Crippen molar-refractivity contribution < 1.29 is 27.8 Å². The fraction of sp³-hybridized carbons (Fsp3) is 0.370. The van der Waals surface area contributed by atoms with E-state index in [1.54, 1.807) is 0 Å². The molecule has 0 fully saturated rings. The summed E-state index contributed by atoms with van der Waals surface area (Å²) in [5.41, 5.74) is 3.24. The van der Waals surface area contributed by atoms with Gasteiger partial charge in [-0.05, 0) is 58.7 Å². The van der Waals surface area contributed by atoms with Crippen molar-refractivity contribution in [3.05, 3.63) is 92.7 Å². The van der Waals surface area contributed by atoms with Gasteiger partial charge in [-0.3, -0.25) is 13.9 Å². The molecule has 5 N–H and O–H groups in total. The normalized spacial score (nSPS) is 19.0. The summed E-state index contributed by atoms with van der Waals surface area (Å²) in [6.07, 6.45) is -0.131. The van der Waals surface area contributed by atoms with Crippen LogP contribution >= 0.6 is 21.9 Å². The van der Waals surface area contributed by atoms with Gasteiger partial charge < -0.3 is 15.7 Å². The summed E-state index contributed by atoms with van der Waals surface area (Å²) in [6, 6.07) is 11.5. The standard InChI is InChI=1S/C27H32F2N2O4S2/c1-2-17-5-6-19-15-37(34,35)16-25(23(19)10-17)30-14-26(32)24(11-18-8-20(28)12-21(29)9-18)31-27(33)13-22-4-3-7-36-22/h3-10,12,24-26,30,32,34-35H,2,11,13-16H2,1H3,(H,31,33)/t24-,25-,26+/m0/s1. The van der Waals surface area contributed by atoms with E-state index in [1.807, 2.05) is 42.6 Å². The van der Waals surface area contributed by atoms with E-state index in [4.69, 9.17) is 0 Å².